The molecule has 0 radical (unpaired) electrons. The van der Waals surface area contributed by atoms with Crippen LogP contribution in [0.15, 0.2) is 30.3 Å². The Labute approximate surface area is 105 Å². The third-order valence-electron chi connectivity index (χ3n) is 2.84. The van der Waals surface area contributed by atoms with Gasteiger partial charge in [-0.2, -0.15) is 0 Å². The van der Waals surface area contributed by atoms with Crippen LogP contribution in [0.4, 0.5) is 0 Å². The summed E-state index contributed by atoms with van der Waals surface area (Å²) in [5.41, 5.74) is 1.78. The van der Waals surface area contributed by atoms with Crippen LogP contribution in [0.25, 0.3) is 5.69 Å². The second kappa shape index (κ2) is 4.52. The first-order valence-corrected chi connectivity index (χ1v) is 5.49. The van der Waals surface area contributed by atoms with Crippen LogP contribution >= 0.6 is 0 Å². The van der Waals surface area contributed by atoms with Crippen molar-refractivity contribution in [3.05, 3.63) is 41.7 Å². The molecule has 94 valence electrons. The maximum absolute atomic E-state index is 11.0. The van der Waals surface area contributed by atoms with Gasteiger partial charge in [-0.3, -0.25) is 0 Å². The number of aromatic carboxylic acids is 1. The van der Waals surface area contributed by atoms with Crippen molar-refractivity contribution in [1.29, 1.82) is 0 Å². The molecule has 18 heavy (non-hydrogen) atoms. The number of aromatic nitrogens is 2. The van der Waals surface area contributed by atoms with Crippen molar-refractivity contribution in [2.75, 3.05) is 7.11 Å². The molecule has 5 nitrogen and oxygen atoms in total. The van der Waals surface area contributed by atoms with E-state index in [2.05, 4.69) is 0 Å². The molecule has 0 saturated heterocycles. The van der Waals surface area contributed by atoms with Gasteiger partial charge in [-0.25, -0.2) is 0 Å². The Morgan fingerprint density at radius 3 is 2.67 bits per heavy atom. The highest BCUT2D eigenvalue weighted by molar-refractivity contribution is 5.81. The van der Waals surface area contributed by atoms with E-state index in [0.717, 1.165) is 17.1 Å². The molecule has 0 spiro atoms. The Bertz CT molecular complexity index is 602. The molecule has 1 heterocycles. The molecule has 0 aliphatic heterocycles. The zero-order valence-electron chi connectivity index (χ0n) is 10.5. The zero-order valence-corrected chi connectivity index (χ0v) is 10.5. The van der Waals surface area contributed by atoms with Gasteiger partial charge < -0.3 is 14.6 Å². The van der Waals surface area contributed by atoms with Gasteiger partial charge in [-0.15, -0.1) is 9.36 Å². The van der Waals surface area contributed by atoms with E-state index in [1.807, 2.05) is 31.2 Å². The molecule has 1 aromatic heterocycles. The first-order valence-electron chi connectivity index (χ1n) is 5.49. The summed E-state index contributed by atoms with van der Waals surface area (Å²) in [5, 5.41) is 11.0. The lowest BCUT2D eigenvalue weighted by Gasteiger charge is -2.05. The van der Waals surface area contributed by atoms with E-state index in [1.54, 1.807) is 29.6 Å². The Kier molecular flexibility index (Phi) is 3.06. The number of hydrogen-bond acceptors (Lipinski definition) is 3. The zero-order chi connectivity index (χ0) is 13.3. The lowest BCUT2D eigenvalue weighted by molar-refractivity contribution is -0.748. The molecular weight excluding hydrogens is 232 g/mol. The number of methoxy groups -OCH3 is 1. The number of carboxylic acid groups (broad SMARTS) is 1. The van der Waals surface area contributed by atoms with Crippen LogP contribution in [0.1, 0.15) is 16.2 Å². The first kappa shape index (κ1) is 12.2. The summed E-state index contributed by atoms with van der Waals surface area (Å²) in [6.45, 7) is 1.84. The van der Waals surface area contributed by atoms with Crippen molar-refractivity contribution in [2.24, 2.45) is 7.05 Å². The van der Waals surface area contributed by atoms with Gasteiger partial charge >= 0.3 is 0 Å². The van der Waals surface area contributed by atoms with E-state index in [1.165, 1.54) is 0 Å². The summed E-state index contributed by atoms with van der Waals surface area (Å²) >= 11 is 0. The van der Waals surface area contributed by atoms with Gasteiger partial charge in [-0.1, -0.05) is 6.07 Å². The largest absolute Gasteiger partial charge is 0.539 e. The van der Waals surface area contributed by atoms with Crippen molar-refractivity contribution in [3.63, 3.8) is 0 Å². The summed E-state index contributed by atoms with van der Waals surface area (Å²) in [7, 11) is 3.27. The van der Waals surface area contributed by atoms with Gasteiger partial charge in [0.15, 0.2) is 7.05 Å². The fraction of sp³-hybridized carbons (Fsp3) is 0.231. The standard InChI is InChI=1S/C13H14N2O3/c1-9-7-12(13(16)17)14(2)15(9)10-5-4-6-11(8-10)18-3/h4-8H,1-3H3. The van der Waals surface area contributed by atoms with Gasteiger partial charge in [0.05, 0.1) is 12.8 Å². The molecule has 2 aromatic rings. The molecule has 0 bridgehead atoms. The minimum Gasteiger partial charge on any atom is -0.539 e. The van der Waals surface area contributed by atoms with Crippen molar-refractivity contribution >= 4 is 5.97 Å². The molecule has 0 atom stereocenters. The molecule has 5 heteroatoms. The summed E-state index contributed by atoms with van der Waals surface area (Å²) in [6.07, 6.45) is 0. The van der Waals surface area contributed by atoms with Gasteiger partial charge in [0, 0.05) is 12.1 Å². The summed E-state index contributed by atoms with van der Waals surface area (Å²) in [5.74, 6) is -0.474. The molecule has 0 amide bonds. The fourth-order valence-electron chi connectivity index (χ4n) is 2.01. The number of benzene rings is 1. The van der Waals surface area contributed by atoms with Gasteiger partial charge in [0.1, 0.15) is 17.4 Å². The van der Waals surface area contributed by atoms with E-state index in [-0.39, 0.29) is 5.69 Å². The predicted molar refractivity (Wildman–Crippen MR) is 62.6 cm³/mol. The maximum atomic E-state index is 11.0. The highest BCUT2D eigenvalue weighted by atomic mass is 16.5. The van der Waals surface area contributed by atoms with Crippen LogP contribution in [-0.2, 0) is 7.05 Å². The monoisotopic (exact) mass is 246 g/mol. The Morgan fingerprint density at radius 1 is 1.39 bits per heavy atom. The average Bonchev–Trinajstić information content (AvgIpc) is 2.65. The number of aryl methyl sites for hydroxylation is 1. The normalized spacial score (nSPS) is 10.4. The van der Waals surface area contributed by atoms with Crippen LogP contribution in [-0.4, -0.2) is 17.8 Å². The number of carboxylic acids is 1. The molecule has 0 aliphatic carbocycles. The fourth-order valence-corrected chi connectivity index (χ4v) is 2.01. The van der Waals surface area contributed by atoms with E-state index in [0.29, 0.717) is 0 Å². The maximum Gasteiger partial charge on any atom is 0.254 e. The molecule has 2 rings (SSSR count). The van der Waals surface area contributed by atoms with Crippen molar-refractivity contribution < 1.29 is 19.3 Å². The number of nitrogens with zero attached hydrogens (tertiary/aromatic N) is 2. The topological polar surface area (TPSA) is 58.2 Å². The van der Waals surface area contributed by atoms with Gasteiger partial charge in [0.2, 0.25) is 0 Å². The number of hydrogen-bond donors (Lipinski definition) is 0. The van der Waals surface area contributed by atoms with Gasteiger partial charge in [0.25, 0.3) is 5.69 Å². The van der Waals surface area contributed by atoms with Crippen LogP contribution in [0.5, 0.6) is 5.75 Å². The number of ether oxygens (including phenoxy) is 1. The van der Waals surface area contributed by atoms with Crippen LogP contribution < -0.4 is 14.5 Å². The predicted octanol–water partition coefficient (Wildman–Crippen LogP) is -0.0177. The minimum atomic E-state index is -1.19. The van der Waals surface area contributed by atoms with Crippen molar-refractivity contribution in [3.8, 4) is 11.4 Å². The van der Waals surface area contributed by atoms with Crippen LogP contribution in [0, 0.1) is 6.92 Å². The lowest BCUT2D eigenvalue weighted by atomic mass is 10.3. The summed E-state index contributed by atoms with van der Waals surface area (Å²) < 4.78 is 8.49. The Hall–Kier alpha value is -2.30. The van der Waals surface area contributed by atoms with E-state index >= 15 is 0 Å². The average molecular weight is 246 g/mol. The number of carbonyl (C=O) groups is 1. The summed E-state index contributed by atoms with van der Waals surface area (Å²) in [6, 6.07) is 8.99. The highest BCUT2D eigenvalue weighted by Crippen LogP contribution is 2.17. The third-order valence-corrected chi connectivity index (χ3v) is 2.84. The molecule has 0 N–H and O–H groups in total. The second-order valence-corrected chi connectivity index (χ2v) is 4.00. The van der Waals surface area contributed by atoms with Crippen molar-refractivity contribution in [1.82, 2.24) is 4.68 Å². The molecule has 0 fully saturated rings. The van der Waals surface area contributed by atoms with E-state index in [9.17, 15) is 9.90 Å². The van der Waals surface area contributed by atoms with E-state index < -0.39 is 5.97 Å². The molecule has 0 saturated carbocycles. The molecule has 0 unspecified atom stereocenters. The molecule has 0 aliphatic rings. The van der Waals surface area contributed by atoms with E-state index in [4.69, 9.17) is 4.74 Å². The smallest absolute Gasteiger partial charge is 0.254 e. The van der Waals surface area contributed by atoms with Crippen LogP contribution in [0.2, 0.25) is 0 Å². The number of rotatable bonds is 3. The Balaban J connectivity index is 2.60. The summed E-state index contributed by atoms with van der Waals surface area (Å²) in [4.78, 5) is 11.0. The lowest BCUT2D eigenvalue weighted by Crippen LogP contribution is -2.46. The van der Waals surface area contributed by atoms with Crippen molar-refractivity contribution in [2.45, 2.75) is 6.92 Å². The quantitative estimate of drug-likeness (QED) is 0.715. The number of carbonyl (C=O) groups excluding carboxylic acids is 1. The third kappa shape index (κ3) is 1.95. The molecule has 1 aromatic carbocycles. The SMILES string of the molecule is COc1cccc(-n2c(C)cc(C(=O)[O-])[n+]2C)c1. The Morgan fingerprint density at radius 2 is 2.11 bits per heavy atom. The molecular formula is C13H14N2O3. The van der Waals surface area contributed by atoms with Crippen LogP contribution in [0.3, 0.4) is 0 Å². The minimum absolute atomic E-state index is 0.135. The first-order chi connectivity index (χ1) is 8.54. The second-order valence-electron chi connectivity index (χ2n) is 4.00. The van der Waals surface area contributed by atoms with Gasteiger partial charge in [-0.05, 0) is 19.1 Å². The highest BCUT2D eigenvalue weighted by Gasteiger charge is 2.19.